The second-order valence-corrected chi connectivity index (χ2v) is 7.08. The smallest absolute Gasteiger partial charge is 0.261 e. The molecule has 2 aromatic heterocycles. The van der Waals surface area contributed by atoms with Crippen LogP contribution in [0, 0.1) is 0 Å². The van der Waals surface area contributed by atoms with Gasteiger partial charge in [0.25, 0.3) is 5.91 Å². The van der Waals surface area contributed by atoms with E-state index in [4.69, 9.17) is 4.74 Å². The molecule has 1 aliphatic rings. The topological polar surface area (TPSA) is 38.3 Å². The monoisotopic (exact) mass is 321 g/mol. The molecule has 0 bridgehead atoms. The summed E-state index contributed by atoms with van der Waals surface area (Å²) in [7, 11) is 0. The molecule has 3 nitrogen and oxygen atoms in total. The van der Waals surface area contributed by atoms with Gasteiger partial charge in [-0.3, -0.25) is 4.79 Å². The number of carbonyl (C=O) groups is 1. The van der Waals surface area contributed by atoms with Crippen molar-refractivity contribution in [2.24, 2.45) is 0 Å². The molecule has 0 fully saturated rings. The van der Waals surface area contributed by atoms with E-state index in [2.05, 4.69) is 22.8 Å². The summed E-state index contributed by atoms with van der Waals surface area (Å²) in [6, 6.07) is 4.25. The van der Waals surface area contributed by atoms with Crippen LogP contribution >= 0.6 is 22.7 Å². The number of fused-ring (bicyclic) bond motifs is 3. The Balaban J connectivity index is 1.64. The van der Waals surface area contributed by atoms with Crippen LogP contribution in [-0.2, 0) is 17.6 Å². The molecular weight excluding hydrogens is 302 g/mol. The average molecular weight is 321 g/mol. The predicted molar refractivity (Wildman–Crippen MR) is 88.5 cm³/mol. The van der Waals surface area contributed by atoms with Crippen molar-refractivity contribution >= 4 is 28.6 Å². The summed E-state index contributed by atoms with van der Waals surface area (Å²) in [5.41, 5.74) is 2.66. The molecule has 0 radical (unpaired) electrons. The van der Waals surface area contributed by atoms with Gasteiger partial charge < -0.3 is 10.1 Å². The van der Waals surface area contributed by atoms with E-state index in [1.54, 1.807) is 11.3 Å². The zero-order valence-corrected chi connectivity index (χ0v) is 13.7. The van der Waals surface area contributed by atoms with Crippen molar-refractivity contribution in [1.82, 2.24) is 5.32 Å². The van der Waals surface area contributed by atoms with Gasteiger partial charge in [0.15, 0.2) is 0 Å². The molecular formula is C16H19NO2S2. The maximum atomic E-state index is 12.2. The predicted octanol–water partition coefficient (Wildman–Crippen LogP) is 3.73. The van der Waals surface area contributed by atoms with Crippen molar-refractivity contribution in [3.05, 3.63) is 32.8 Å². The van der Waals surface area contributed by atoms with Gasteiger partial charge in [0.2, 0.25) is 0 Å². The molecule has 3 rings (SSSR count). The Labute approximate surface area is 133 Å². The maximum absolute atomic E-state index is 12.2. The third kappa shape index (κ3) is 3.20. The second-order valence-electron chi connectivity index (χ2n) is 5.03. The molecule has 0 unspecified atom stereocenters. The van der Waals surface area contributed by atoms with E-state index >= 15 is 0 Å². The van der Waals surface area contributed by atoms with Crippen molar-refractivity contribution in [2.75, 3.05) is 19.8 Å². The summed E-state index contributed by atoms with van der Waals surface area (Å²) in [6.45, 7) is 4.09. The Morgan fingerprint density at radius 2 is 2.33 bits per heavy atom. The molecule has 0 aromatic carbocycles. The number of nitrogens with one attached hydrogen (secondary N) is 1. The van der Waals surface area contributed by atoms with Gasteiger partial charge in [0.1, 0.15) is 0 Å². The first-order valence-electron chi connectivity index (χ1n) is 7.35. The number of hydrogen-bond acceptors (Lipinski definition) is 4. The summed E-state index contributed by atoms with van der Waals surface area (Å²) in [5, 5.41) is 5.12. The third-order valence-corrected chi connectivity index (χ3v) is 5.79. The van der Waals surface area contributed by atoms with Crippen LogP contribution in [0.15, 0.2) is 17.5 Å². The fourth-order valence-corrected chi connectivity index (χ4v) is 4.68. The normalized spacial score (nSPS) is 12.8. The molecule has 1 amide bonds. The first kappa shape index (κ1) is 14.8. The van der Waals surface area contributed by atoms with Gasteiger partial charge >= 0.3 is 0 Å². The van der Waals surface area contributed by atoms with Gasteiger partial charge in [-0.25, -0.2) is 0 Å². The summed E-state index contributed by atoms with van der Waals surface area (Å²) in [6.07, 6.45) is 3.02. The lowest BCUT2D eigenvalue weighted by Gasteiger charge is -2.10. The third-order valence-electron chi connectivity index (χ3n) is 3.60. The quantitative estimate of drug-likeness (QED) is 0.823. The molecule has 2 aromatic rings. The maximum Gasteiger partial charge on any atom is 0.261 e. The minimum atomic E-state index is 0.0441. The molecule has 0 aliphatic heterocycles. The van der Waals surface area contributed by atoms with Crippen LogP contribution in [0.4, 0.5) is 0 Å². The van der Waals surface area contributed by atoms with Crippen molar-refractivity contribution in [3.63, 3.8) is 0 Å². The van der Waals surface area contributed by atoms with Gasteiger partial charge in [-0.15, -0.1) is 22.7 Å². The summed E-state index contributed by atoms with van der Waals surface area (Å²) in [5.74, 6) is 0.0441. The summed E-state index contributed by atoms with van der Waals surface area (Å²) < 4.78 is 5.27. The van der Waals surface area contributed by atoms with E-state index in [1.165, 1.54) is 20.9 Å². The number of hydrogen-bond donors (Lipinski definition) is 1. The SMILES string of the molecule is CCOCCCNC(=O)c1cc2c(s1)-c1ccsc1CC2. The molecule has 0 spiro atoms. The first-order chi connectivity index (χ1) is 10.3. The highest BCUT2D eigenvalue weighted by molar-refractivity contribution is 7.18. The minimum absolute atomic E-state index is 0.0441. The van der Waals surface area contributed by atoms with E-state index in [-0.39, 0.29) is 5.91 Å². The number of aryl methyl sites for hydroxylation is 2. The largest absolute Gasteiger partial charge is 0.382 e. The molecule has 0 saturated heterocycles. The van der Waals surface area contributed by atoms with Crippen molar-refractivity contribution < 1.29 is 9.53 Å². The van der Waals surface area contributed by atoms with Crippen LogP contribution in [0.5, 0.6) is 0 Å². The number of amides is 1. The highest BCUT2D eigenvalue weighted by Crippen LogP contribution is 2.41. The second kappa shape index (κ2) is 6.73. The van der Waals surface area contributed by atoms with Gasteiger partial charge in [0.05, 0.1) is 4.88 Å². The molecule has 5 heteroatoms. The number of thiophene rings is 2. The zero-order valence-electron chi connectivity index (χ0n) is 12.1. The Kier molecular flexibility index (Phi) is 4.73. The van der Waals surface area contributed by atoms with E-state index in [0.717, 1.165) is 30.7 Å². The van der Waals surface area contributed by atoms with E-state index < -0.39 is 0 Å². The van der Waals surface area contributed by atoms with E-state index in [1.807, 2.05) is 18.3 Å². The van der Waals surface area contributed by atoms with Gasteiger partial charge in [-0.1, -0.05) is 0 Å². The Hall–Kier alpha value is -1.17. The van der Waals surface area contributed by atoms with Crippen LogP contribution in [0.2, 0.25) is 0 Å². The fourth-order valence-electron chi connectivity index (χ4n) is 2.55. The highest BCUT2D eigenvalue weighted by atomic mass is 32.1. The van der Waals surface area contributed by atoms with Gasteiger partial charge in [-0.2, -0.15) is 0 Å². The van der Waals surface area contributed by atoms with Crippen LogP contribution in [0.3, 0.4) is 0 Å². The van der Waals surface area contributed by atoms with Crippen LogP contribution in [-0.4, -0.2) is 25.7 Å². The molecule has 0 atom stereocenters. The molecule has 1 N–H and O–H groups in total. The minimum Gasteiger partial charge on any atom is -0.382 e. The Morgan fingerprint density at radius 1 is 1.43 bits per heavy atom. The average Bonchev–Trinajstić information content (AvgIpc) is 3.12. The zero-order chi connectivity index (χ0) is 14.7. The van der Waals surface area contributed by atoms with Crippen molar-refractivity contribution in [2.45, 2.75) is 26.2 Å². The van der Waals surface area contributed by atoms with Crippen molar-refractivity contribution in [1.29, 1.82) is 0 Å². The lowest BCUT2D eigenvalue weighted by Crippen LogP contribution is -2.24. The van der Waals surface area contributed by atoms with Crippen LogP contribution in [0.25, 0.3) is 10.4 Å². The lowest BCUT2D eigenvalue weighted by atomic mass is 9.98. The fraction of sp³-hybridized carbons (Fsp3) is 0.438. The number of ether oxygens (including phenoxy) is 1. The molecule has 21 heavy (non-hydrogen) atoms. The van der Waals surface area contributed by atoms with Gasteiger partial charge in [-0.05, 0) is 49.3 Å². The molecule has 112 valence electrons. The summed E-state index contributed by atoms with van der Waals surface area (Å²) >= 11 is 3.44. The van der Waals surface area contributed by atoms with E-state index in [9.17, 15) is 4.79 Å². The lowest BCUT2D eigenvalue weighted by molar-refractivity contribution is 0.0948. The van der Waals surface area contributed by atoms with Crippen molar-refractivity contribution in [3.8, 4) is 10.4 Å². The molecule has 1 aliphatic carbocycles. The number of rotatable bonds is 6. The van der Waals surface area contributed by atoms with Crippen LogP contribution in [0.1, 0.15) is 33.5 Å². The van der Waals surface area contributed by atoms with Crippen LogP contribution < -0.4 is 5.32 Å². The number of carbonyl (C=O) groups excluding carboxylic acids is 1. The standard InChI is InChI=1S/C16H19NO2S2/c1-2-19-8-3-7-17-16(18)14-10-11-4-5-13-12(6-9-20-13)15(11)21-14/h6,9-10H,2-5,7-8H2,1H3,(H,17,18). The van der Waals surface area contributed by atoms with E-state index in [0.29, 0.717) is 13.2 Å². The highest BCUT2D eigenvalue weighted by Gasteiger charge is 2.22. The summed E-state index contributed by atoms with van der Waals surface area (Å²) in [4.78, 5) is 15.8. The molecule has 0 saturated carbocycles. The first-order valence-corrected chi connectivity index (χ1v) is 9.04. The Bertz CT molecular complexity index is 630. The molecule has 2 heterocycles. The Morgan fingerprint density at radius 3 is 3.19 bits per heavy atom. The van der Waals surface area contributed by atoms with Gasteiger partial charge in [0, 0.05) is 35.1 Å².